The molecular weight excluding hydrogens is 685 g/mol. The number of pyridine rings is 1. The number of fused-ring (bicyclic) bond motifs is 3. The maximum atomic E-state index is 12.7. The third-order valence-electron chi connectivity index (χ3n) is 14.6. The average molecular weight is 727 g/mol. The van der Waals surface area contributed by atoms with Crippen LogP contribution in [0.4, 0.5) is 10.5 Å². The SMILES string of the molecule is N#CC1C2COCC12CCCCC(C(c1ccc(-c2ccc(N3C[C@H](Cn4ccnn4)OC3=O)cc2)cn1)C12COCC1C2C#N)C12COCC1C2C#N. The second-order valence-corrected chi connectivity index (χ2v) is 16.7. The second-order valence-electron chi connectivity index (χ2n) is 16.7. The van der Waals surface area contributed by atoms with E-state index in [1.165, 1.54) is 0 Å². The normalized spacial score (nSPS) is 37.6. The lowest BCUT2D eigenvalue weighted by atomic mass is 9.65. The molecule has 3 aliphatic carbocycles. The number of anilines is 1. The predicted molar refractivity (Wildman–Crippen MR) is 190 cm³/mol. The number of hydrogen-bond acceptors (Lipinski definition) is 11. The zero-order valence-electron chi connectivity index (χ0n) is 30.0. The van der Waals surface area contributed by atoms with E-state index in [2.05, 4.69) is 40.7 Å². The van der Waals surface area contributed by atoms with Gasteiger partial charge in [0.2, 0.25) is 0 Å². The summed E-state index contributed by atoms with van der Waals surface area (Å²) in [4.78, 5) is 19.5. The van der Waals surface area contributed by atoms with Gasteiger partial charge in [-0.25, -0.2) is 9.48 Å². The summed E-state index contributed by atoms with van der Waals surface area (Å²) in [6, 6.07) is 19.9. The molecule has 6 heterocycles. The molecule has 3 saturated carbocycles. The third-order valence-corrected chi connectivity index (χ3v) is 14.6. The van der Waals surface area contributed by atoms with Gasteiger partial charge in [0.05, 0.1) is 94.9 Å². The summed E-state index contributed by atoms with van der Waals surface area (Å²) >= 11 is 0. The van der Waals surface area contributed by atoms with Crippen LogP contribution in [0.1, 0.15) is 37.3 Å². The van der Waals surface area contributed by atoms with Crippen molar-refractivity contribution in [3.8, 4) is 29.3 Å². The summed E-state index contributed by atoms with van der Waals surface area (Å²) in [6.45, 7) is 4.48. The smallest absolute Gasteiger partial charge is 0.414 e. The van der Waals surface area contributed by atoms with Gasteiger partial charge < -0.3 is 18.9 Å². The van der Waals surface area contributed by atoms with E-state index in [4.69, 9.17) is 23.9 Å². The first-order valence-electron chi connectivity index (χ1n) is 19.3. The molecule has 4 aliphatic heterocycles. The van der Waals surface area contributed by atoms with E-state index < -0.39 is 0 Å². The molecule has 10 rings (SSSR count). The number of hydrogen-bond donors (Lipinski definition) is 0. The Morgan fingerprint density at radius 1 is 0.833 bits per heavy atom. The highest BCUT2D eigenvalue weighted by Gasteiger charge is 2.79. The van der Waals surface area contributed by atoms with Gasteiger partial charge in [0, 0.05) is 69.3 Å². The van der Waals surface area contributed by atoms with Crippen molar-refractivity contribution in [1.29, 1.82) is 15.8 Å². The maximum Gasteiger partial charge on any atom is 0.414 e. The molecule has 7 fully saturated rings. The zero-order valence-corrected chi connectivity index (χ0v) is 30.0. The number of nitriles is 3. The van der Waals surface area contributed by atoms with Crippen LogP contribution in [0.3, 0.4) is 0 Å². The molecule has 0 N–H and O–H groups in total. The molecule has 2 aromatic heterocycles. The lowest BCUT2D eigenvalue weighted by Crippen LogP contribution is -2.36. The molecular formula is C41H42N8O5. The number of benzene rings is 1. The number of ether oxygens (including phenoxy) is 4. The van der Waals surface area contributed by atoms with Gasteiger partial charge in [-0.05, 0) is 42.5 Å². The van der Waals surface area contributed by atoms with Crippen LogP contribution in [0.5, 0.6) is 0 Å². The molecule has 13 nitrogen and oxygen atoms in total. The van der Waals surface area contributed by atoms with E-state index in [1.54, 1.807) is 22.0 Å². The fourth-order valence-electron chi connectivity index (χ4n) is 11.7. The molecule has 1 aromatic carbocycles. The first-order chi connectivity index (χ1) is 26.5. The van der Waals surface area contributed by atoms with Gasteiger partial charge in [0.15, 0.2) is 0 Å². The minimum absolute atomic E-state index is 0.00949. The van der Waals surface area contributed by atoms with Gasteiger partial charge >= 0.3 is 6.09 Å². The van der Waals surface area contributed by atoms with Crippen molar-refractivity contribution in [3.05, 3.63) is 60.7 Å². The molecule has 13 heteroatoms. The molecule has 54 heavy (non-hydrogen) atoms. The van der Waals surface area contributed by atoms with E-state index >= 15 is 0 Å². The molecule has 0 spiro atoms. The Balaban J connectivity index is 0.914. The Morgan fingerprint density at radius 3 is 2.20 bits per heavy atom. The number of carbonyl (C=O) groups is 1. The van der Waals surface area contributed by atoms with Crippen molar-refractivity contribution < 1.29 is 23.7 Å². The minimum atomic E-state index is -0.386. The number of aromatic nitrogens is 4. The molecule has 1 amide bonds. The molecule has 276 valence electrons. The monoisotopic (exact) mass is 726 g/mol. The molecule has 11 unspecified atom stereocenters. The van der Waals surface area contributed by atoms with Crippen LogP contribution in [0, 0.1) is 91.7 Å². The summed E-state index contributed by atoms with van der Waals surface area (Å²) in [5.41, 5.74) is 3.02. The number of amides is 1. The molecule has 0 bridgehead atoms. The maximum absolute atomic E-state index is 12.7. The van der Waals surface area contributed by atoms with E-state index in [0.29, 0.717) is 58.6 Å². The Labute approximate surface area is 313 Å². The first-order valence-corrected chi connectivity index (χ1v) is 19.3. The summed E-state index contributed by atoms with van der Waals surface area (Å²) in [5, 5.41) is 38.3. The van der Waals surface area contributed by atoms with Gasteiger partial charge in [-0.2, -0.15) is 15.8 Å². The van der Waals surface area contributed by atoms with Gasteiger partial charge in [0.1, 0.15) is 6.10 Å². The van der Waals surface area contributed by atoms with Crippen LogP contribution >= 0.6 is 0 Å². The number of carbonyl (C=O) groups excluding carboxylic acids is 1. The molecule has 3 aromatic rings. The molecule has 0 radical (unpaired) electrons. The highest BCUT2D eigenvalue weighted by Crippen LogP contribution is 2.77. The van der Waals surface area contributed by atoms with E-state index in [0.717, 1.165) is 48.2 Å². The van der Waals surface area contributed by atoms with Crippen LogP contribution in [0.25, 0.3) is 11.1 Å². The summed E-state index contributed by atoms with van der Waals surface area (Å²) in [6.07, 6.45) is 8.40. The van der Waals surface area contributed by atoms with Gasteiger partial charge in [-0.1, -0.05) is 36.3 Å². The van der Waals surface area contributed by atoms with Crippen LogP contribution in [-0.4, -0.2) is 78.4 Å². The van der Waals surface area contributed by atoms with Crippen LogP contribution in [-0.2, 0) is 25.5 Å². The molecule has 4 saturated heterocycles. The van der Waals surface area contributed by atoms with Gasteiger partial charge in [-0.3, -0.25) is 9.88 Å². The second kappa shape index (κ2) is 12.6. The Bertz CT molecular complexity index is 2060. The van der Waals surface area contributed by atoms with Crippen molar-refractivity contribution in [1.82, 2.24) is 20.0 Å². The lowest BCUT2D eigenvalue weighted by molar-refractivity contribution is 0.0676. The van der Waals surface area contributed by atoms with Crippen LogP contribution in [0.2, 0.25) is 0 Å². The van der Waals surface area contributed by atoms with Crippen molar-refractivity contribution >= 4 is 11.8 Å². The van der Waals surface area contributed by atoms with Crippen LogP contribution in [0.15, 0.2) is 55.0 Å². The van der Waals surface area contributed by atoms with E-state index in [1.807, 2.05) is 30.5 Å². The Kier molecular flexibility index (Phi) is 7.86. The third kappa shape index (κ3) is 4.90. The predicted octanol–water partition coefficient (Wildman–Crippen LogP) is 4.98. The van der Waals surface area contributed by atoms with Crippen molar-refractivity contribution in [3.63, 3.8) is 0 Å². The standard InChI is InChI=1S/C41H42N8O5/c42-13-30-33-19-51-22-39(30,33)10-2-1-3-29(40-23-52-20-34(40)31(40)14-43)37(41-24-53-21-35(41)32(41)15-44)36-9-6-26(16-45-36)25-4-7-27(8-5-25)49-18-28(54-38(49)50)17-48-12-11-46-47-48/h4-9,11-12,16,28-35,37H,1-3,10,17-24H2/t28-,29?,30?,31?,32?,33?,34?,35?,37?,39?,40?,41?/m0/s1. The summed E-state index contributed by atoms with van der Waals surface area (Å²) in [7, 11) is 0. The average Bonchev–Trinajstić information content (AvgIpc) is 3.67. The fraction of sp³-hybridized carbons (Fsp3) is 0.585. The number of nitrogens with zero attached hydrogens (tertiary/aromatic N) is 8. The molecule has 12 atom stereocenters. The van der Waals surface area contributed by atoms with E-state index in [9.17, 15) is 20.6 Å². The van der Waals surface area contributed by atoms with Gasteiger partial charge in [-0.15, -0.1) is 5.10 Å². The topological polar surface area (TPSA) is 172 Å². The lowest BCUT2D eigenvalue weighted by Gasteiger charge is -2.38. The minimum Gasteiger partial charge on any atom is -0.442 e. The van der Waals surface area contributed by atoms with Crippen LogP contribution < -0.4 is 4.90 Å². The Morgan fingerprint density at radius 2 is 1.54 bits per heavy atom. The number of unbranched alkanes of at least 4 members (excludes halogenated alkanes) is 1. The van der Waals surface area contributed by atoms with E-state index in [-0.39, 0.29) is 69.9 Å². The zero-order chi connectivity index (χ0) is 36.7. The largest absolute Gasteiger partial charge is 0.442 e. The van der Waals surface area contributed by atoms with Gasteiger partial charge in [0.25, 0.3) is 0 Å². The fourth-order valence-corrected chi connectivity index (χ4v) is 11.7. The van der Waals surface area contributed by atoms with Crippen molar-refractivity contribution in [2.24, 2.45) is 57.7 Å². The first kappa shape index (κ1) is 33.7. The molecule has 7 aliphatic rings. The number of rotatable bonds is 13. The summed E-state index contributed by atoms with van der Waals surface area (Å²) in [5.74, 6) is 0.646. The quantitative estimate of drug-likeness (QED) is 0.217. The Hall–Kier alpha value is -4.87. The number of cyclic esters (lactones) is 1. The highest BCUT2D eigenvalue weighted by molar-refractivity contribution is 5.90. The summed E-state index contributed by atoms with van der Waals surface area (Å²) < 4.78 is 25.2. The highest BCUT2D eigenvalue weighted by atomic mass is 16.6. The van der Waals surface area contributed by atoms with Crippen molar-refractivity contribution in [2.45, 2.75) is 44.2 Å². The van der Waals surface area contributed by atoms with Crippen molar-refractivity contribution in [2.75, 3.05) is 51.1 Å².